The van der Waals surface area contributed by atoms with Gasteiger partial charge in [0.2, 0.25) is 5.95 Å². The fourth-order valence-corrected chi connectivity index (χ4v) is 7.74. The van der Waals surface area contributed by atoms with Gasteiger partial charge in [0.25, 0.3) is 0 Å². The predicted octanol–water partition coefficient (Wildman–Crippen LogP) is 9.30. The second kappa shape index (κ2) is 10.1. The number of aliphatic imine (C=N–C) groups is 1. The van der Waals surface area contributed by atoms with E-state index in [2.05, 4.69) is 119 Å². The van der Waals surface area contributed by atoms with Gasteiger partial charge in [0.1, 0.15) is 6.17 Å². The van der Waals surface area contributed by atoms with Crippen LogP contribution in [-0.2, 0) is 0 Å². The molecular formula is C38H27N5S. The molecule has 0 fully saturated rings. The number of benzene rings is 4. The van der Waals surface area contributed by atoms with Gasteiger partial charge in [-0.2, -0.15) is 0 Å². The maximum Gasteiger partial charge on any atom is 0.234 e. The van der Waals surface area contributed by atoms with Crippen LogP contribution in [0.2, 0.25) is 0 Å². The quantitative estimate of drug-likeness (QED) is 0.224. The third-order valence-electron chi connectivity index (χ3n) is 8.62. The zero-order valence-electron chi connectivity index (χ0n) is 23.8. The van der Waals surface area contributed by atoms with Gasteiger partial charge in [0, 0.05) is 49.9 Å². The molecule has 1 aliphatic heterocycles. The van der Waals surface area contributed by atoms with Crippen LogP contribution in [0, 0.1) is 0 Å². The Labute approximate surface area is 258 Å². The Kier molecular flexibility index (Phi) is 5.81. The number of hydrogen-bond acceptors (Lipinski definition) is 5. The van der Waals surface area contributed by atoms with Crippen molar-refractivity contribution in [2.75, 3.05) is 0 Å². The largest absolute Gasteiger partial charge is 0.359 e. The van der Waals surface area contributed by atoms with Crippen LogP contribution in [-0.4, -0.2) is 20.2 Å². The van der Waals surface area contributed by atoms with Crippen molar-refractivity contribution in [3.8, 4) is 5.95 Å². The molecule has 3 aromatic heterocycles. The van der Waals surface area contributed by atoms with Crippen molar-refractivity contribution in [3.63, 3.8) is 0 Å². The molecule has 0 amide bonds. The van der Waals surface area contributed by atoms with Crippen LogP contribution >= 0.6 is 11.3 Å². The zero-order valence-corrected chi connectivity index (χ0v) is 24.6. The molecule has 1 atom stereocenters. The minimum atomic E-state index is -0.293. The number of rotatable bonds is 4. The molecule has 7 aromatic rings. The molecule has 0 spiro atoms. The molecule has 1 unspecified atom stereocenters. The van der Waals surface area contributed by atoms with Gasteiger partial charge in [-0.25, -0.2) is 9.97 Å². The lowest BCUT2D eigenvalue weighted by Crippen LogP contribution is -2.25. The summed E-state index contributed by atoms with van der Waals surface area (Å²) < 4.78 is 4.76. The summed E-state index contributed by atoms with van der Waals surface area (Å²) in [6, 6.07) is 32.1. The van der Waals surface area contributed by atoms with Crippen LogP contribution in [0.5, 0.6) is 0 Å². The van der Waals surface area contributed by atoms with E-state index in [9.17, 15) is 0 Å². The summed E-state index contributed by atoms with van der Waals surface area (Å²) in [4.78, 5) is 15.1. The van der Waals surface area contributed by atoms with E-state index in [-0.39, 0.29) is 6.17 Å². The molecular weight excluding hydrogens is 559 g/mol. The summed E-state index contributed by atoms with van der Waals surface area (Å²) >= 11 is 1.83. The average Bonchev–Trinajstić information content (AvgIpc) is 3.65. The standard InChI is InChI=1S/C38H27N5S/c1-3-11-24(12-4-1)31-21-32(25-13-5-2-6-14-25)42-37(41-31)26-22-39-38(40-23-26)43-33-17-9-7-15-27(33)29-19-20-30-28-16-8-10-18-34(28)44-36(30)35(29)43/h1-5,7-13,15-23,37,41H,6,14H2. The van der Waals surface area contributed by atoms with Crippen LogP contribution < -0.4 is 5.32 Å². The van der Waals surface area contributed by atoms with Crippen molar-refractivity contribution < 1.29 is 0 Å². The average molecular weight is 586 g/mol. The summed E-state index contributed by atoms with van der Waals surface area (Å²) in [6.07, 6.45) is 14.3. The smallest absolute Gasteiger partial charge is 0.234 e. The molecule has 0 bridgehead atoms. The van der Waals surface area contributed by atoms with Gasteiger partial charge in [0.15, 0.2) is 0 Å². The topological polar surface area (TPSA) is 55.1 Å². The van der Waals surface area contributed by atoms with E-state index in [1.165, 1.54) is 36.5 Å². The monoisotopic (exact) mass is 585 g/mol. The Morgan fingerprint density at radius 3 is 2.39 bits per heavy atom. The number of aromatic nitrogens is 3. The molecule has 9 rings (SSSR count). The van der Waals surface area contributed by atoms with Crippen LogP contribution in [0.4, 0.5) is 0 Å². The third-order valence-corrected chi connectivity index (χ3v) is 9.82. The van der Waals surface area contributed by atoms with Gasteiger partial charge in [-0.15, -0.1) is 11.3 Å². The summed E-state index contributed by atoms with van der Waals surface area (Å²) in [7, 11) is 0. The highest BCUT2D eigenvalue weighted by Crippen LogP contribution is 2.42. The van der Waals surface area contributed by atoms with Crippen molar-refractivity contribution in [1.82, 2.24) is 19.9 Å². The number of nitrogens with one attached hydrogen (secondary N) is 1. The van der Waals surface area contributed by atoms with Gasteiger partial charge < -0.3 is 5.32 Å². The Morgan fingerprint density at radius 1 is 0.773 bits per heavy atom. The van der Waals surface area contributed by atoms with E-state index in [1.807, 2.05) is 29.8 Å². The highest BCUT2D eigenvalue weighted by molar-refractivity contribution is 7.26. The molecule has 5 nitrogen and oxygen atoms in total. The van der Waals surface area contributed by atoms with E-state index in [1.54, 1.807) is 0 Å². The van der Waals surface area contributed by atoms with Gasteiger partial charge in [0.05, 0.1) is 21.4 Å². The fraction of sp³-hybridized carbons (Fsp3) is 0.0789. The lowest BCUT2D eigenvalue weighted by Gasteiger charge is -2.25. The molecule has 44 heavy (non-hydrogen) atoms. The normalized spacial score (nSPS) is 16.7. The maximum absolute atomic E-state index is 5.15. The van der Waals surface area contributed by atoms with Crippen molar-refractivity contribution in [3.05, 3.63) is 144 Å². The Hall–Kier alpha value is -5.33. The zero-order chi connectivity index (χ0) is 29.0. The lowest BCUT2D eigenvalue weighted by atomic mass is 9.97. The molecule has 6 heteroatoms. The molecule has 4 aromatic carbocycles. The van der Waals surface area contributed by atoms with Crippen molar-refractivity contribution in [2.45, 2.75) is 19.0 Å². The molecule has 210 valence electrons. The number of para-hydroxylation sites is 1. The van der Waals surface area contributed by atoms with E-state index in [4.69, 9.17) is 15.0 Å². The van der Waals surface area contributed by atoms with Crippen LogP contribution in [0.1, 0.15) is 30.1 Å². The number of allylic oxidation sites excluding steroid dienone is 5. The minimum absolute atomic E-state index is 0.293. The highest BCUT2D eigenvalue weighted by Gasteiger charge is 2.23. The second-order valence-corrected chi connectivity index (χ2v) is 12.3. The first-order valence-corrected chi connectivity index (χ1v) is 15.8. The fourth-order valence-electron chi connectivity index (χ4n) is 6.49. The van der Waals surface area contributed by atoms with E-state index >= 15 is 0 Å². The molecule has 0 saturated heterocycles. The summed E-state index contributed by atoms with van der Waals surface area (Å²) in [5.41, 5.74) is 7.62. The predicted molar refractivity (Wildman–Crippen MR) is 183 cm³/mol. The maximum atomic E-state index is 5.15. The van der Waals surface area contributed by atoms with Crippen molar-refractivity contribution >= 4 is 64.7 Å². The minimum Gasteiger partial charge on any atom is -0.359 e. The second-order valence-electron chi connectivity index (χ2n) is 11.2. The summed E-state index contributed by atoms with van der Waals surface area (Å²) in [5, 5.41) is 8.61. The van der Waals surface area contributed by atoms with Gasteiger partial charge >= 0.3 is 0 Å². The van der Waals surface area contributed by atoms with Crippen LogP contribution in [0.3, 0.4) is 0 Å². The molecule has 2 aliphatic rings. The highest BCUT2D eigenvalue weighted by atomic mass is 32.1. The van der Waals surface area contributed by atoms with Gasteiger partial charge in [-0.3, -0.25) is 9.56 Å². The van der Waals surface area contributed by atoms with Gasteiger partial charge in [-0.1, -0.05) is 97.1 Å². The first-order valence-electron chi connectivity index (χ1n) is 14.9. The first kappa shape index (κ1) is 25.2. The first-order chi connectivity index (χ1) is 21.8. The molecule has 0 saturated carbocycles. The number of thiophene rings is 1. The molecule has 1 aliphatic carbocycles. The summed E-state index contributed by atoms with van der Waals surface area (Å²) in [5.74, 6) is 0.656. The Bertz CT molecular complexity index is 2350. The van der Waals surface area contributed by atoms with Crippen LogP contribution in [0.25, 0.3) is 53.6 Å². The van der Waals surface area contributed by atoms with E-state index in [0.29, 0.717) is 5.95 Å². The SMILES string of the molecule is C1=CCCC(C2=NC(c3cnc(-n4c5ccccc5c5ccc6c7ccccc7sc6c54)nc3)NC(c3ccccc3)=C2)=C1. The molecule has 1 N–H and O–H groups in total. The Balaban J connectivity index is 1.18. The van der Waals surface area contributed by atoms with Crippen molar-refractivity contribution in [2.24, 2.45) is 4.99 Å². The third kappa shape index (κ3) is 4.02. The van der Waals surface area contributed by atoms with Crippen LogP contribution in [0.15, 0.2) is 138 Å². The number of nitrogens with zero attached hydrogens (tertiary/aromatic N) is 4. The van der Waals surface area contributed by atoms with Crippen molar-refractivity contribution in [1.29, 1.82) is 0 Å². The number of hydrogen-bond donors (Lipinski definition) is 1. The Morgan fingerprint density at radius 2 is 1.55 bits per heavy atom. The van der Waals surface area contributed by atoms with E-state index < -0.39 is 0 Å². The number of fused-ring (bicyclic) bond motifs is 7. The van der Waals surface area contributed by atoms with E-state index in [0.717, 1.165) is 46.4 Å². The summed E-state index contributed by atoms with van der Waals surface area (Å²) in [6.45, 7) is 0. The van der Waals surface area contributed by atoms with Gasteiger partial charge in [-0.05, 0) is 42.2 Å². The molecule has 4 heterocycles. The molecule has 0 radical (unpaired) electrons. The lowest BCUT2D eigenvalue weighted by molar-refractivity contribution is 0.655.